The first-order valence-electron chi connectivity index (χ1n) is 7.57. The summed E-state index contributed by atoms with van der Waals surface area (Å²) in [6, 6.07) is 7.51. The van der Waals surface area contributed by atoms with Crippen molar-refractivity contribution >= 4 is 23.2 Å². The van der Waals surface area contributed by atoms with Gasteiger partial charge in [0.2, 0.25) is 11.8 Å². The first-order valence-corrected chi connectivity index (χ1v) is 8.45. The van der Waals surface area contributed by atoms with Crippen molar-refractivity contribution in [3.8, 4) is 0 Å². The molecule has 1 N–H and O–H groups in total. The highest BCUT2D eigenvalue weighted by Gasteiger charge is 2.32. The van der Waals surface area contributed by atoms with Crippen LogP contribution in [0.25, 0.3) is 0 Å². The maximum Gasteiger partial charge on any atom is 0.243 e. The van der Waals surface area contributed by atoms with Crippen LogP contribution in [-0.2, 0) is 29.1 Å². The second kappa shape index (κ2) is 6.50. The first-order chi connectivity index (χ1) is 11.0. The topological polar surface area (TPSA) is 62.3 Å². The molecule has 0 aliphatic carbocycles. The Morgan fingerprint density at radius 2 is 2.09 bits per heavy atom. The summed E-state index contributed by atoms with van der Waals surface area (Å²) in [7, 11) is 0. The van der Waals surface area contributed by atoms with Crippen molar-refractivity contribution < 1.29 is 9.59 Å². The molecule has 5 nitrogen and oxygen atoms in total. The van der Waals surface area contributed by atoms with Gasteiger partial charge in [-0.15, -0.1) is 11.3 Å². The van der Waals surface area contributed by atoms with Gasteiger partial charge in [0.15, 0.2) is 0 Å². The van der Waals surface area contributed by atoms with E-state index in [1.807, 2.05) is 36.6 Å². The lowest BCUT2D eigenvalue weighted by Crippen LogP contribution is -2.51. The molecule has 3 rings (SSSR count). The number of nitrogens with one attached hydrogen (secondary N) is 1. The number of carbonyl (C=O) groups excluding carboxylic acids is 2. The third-order valence-corrected chi connectivity index (χ3v) is 5.00. The molecule has 1 aromatic carbocycles. The highest BCUT2D eigenvalue weighted by atomic mass is 32.1. The van der Waals surface area contributed by atoms with Gasteiger partial charge in [-0.1, -0.05) is 24.3 Å². The lowest BCUT2D eigenvalue weighted by atomic mass is 9.93. The number of benzene rings is 1. The first kappa shape index (κ1) is 15.7. The lowest BCUT2D eigenvalue weighted by Gasteiger charge is -2.35. The number of thiazole rings is 1. The van der Waals surface area contributed by atoms with Crippen molar-refractivity contribution in [2.75, 3.05) is 0 Å². The number of hydrogen-bond donors (Lipinski definition) is 1. The third-order valence-electron chi connectivity index (χ3n) is 4.04. The minimum atomic E-state index is -0.455. The van der Waals surface area contributed by atoms with Crippen molar-refractivity contribution in [3.05, 3.63) is 51.5 Å². The molecule has 2 heterocycles. The van der Waals surface area contributed by atoms with Gasteiger partial charge in [0.25, 0.3) is 0 Å². The van der Waals surface area contributed by atoms with Crippen molar-refractivity contribution in [2.45, 2.75) is 39.4 Å². The molecule has 0 saturated heterocycles. The lowest BCUT2D eigenvalue weighted by molar-refractivity contribution is -0.140. The molecule has 0 spiro atoms. The Balaban J connectivity index is 1.73. The van der Waals surface area contributed by atoms with Crippen LogP contribution in [0.4, 0.5) is 0 Å². The maximum atomic E-state index is 12.6. The number of hydrogen-bond acceptors (Lipinski definition) is 4. The summed E-state index contributed by atoms with van der Waals surface area (Å²) in [6.45, 7) is 4.33. The molecule has 120 valence electrons. The summed E-state index contributed by atoms with van der Waals surface area (Å²) < 4.78 is 0. The number of rotatable bonds is 3. The number of carbonyl (C=O) groups is 2. The zero-order chi connectivity index (χ0) is 16.4. The quantitative estimate of drug-likeness (QED) is 0.937. The molecule has 1 aromatic heterocycles. The monoisotopic (exact) mass is 329 g/mol. The van der Waals surface area contributed by atoms with Crippen LogP contribution >= 0.6 is 11.3 Å². The molecule has 0 unspecified atom stereocenters. The number of amides is 2. The summed E-state index contributed by atoms with van der Waals surface area (Å²) in [6.07, 6.45) is 0.554. The van der Waals surface area contributed by atoms with Crippen LogP contribution in [0.3, 0.4) is 0 Å². The average Bonchev–Trinajstić information content (AvgIpc) is 2.96. The van der Waals surface area contributed by atoms with Gasteiger partial charge in [0.05, 0.1) is 6.54 Å². The number of nitrogens with zero attached hydrogens (tertiary/aromatic N) is 2. The van der Waals surface area contributed by atoms with Gasteiger partial charge >= 0.3 is 0 Å². The maximum absolute atomic E-state index is 12.6. The molecule has 2 amide bonds. The summed E-state index contributed by atoms with van der Waals surface area (Å²) in [5.41, 5.74) is 3.20. The Morgan fingerprint density at radius 3 is 2.74 bits per heavy atom. The van der Waals surface area contributed by atoms with E-state index in [0.717, 1.165) is 21.8 Å². The second-order valence-electron chi connectivity index (χ2n) is 5.74. The standard InChI is InChI=1S/C17H19N3O2S/c1-11-10-23-16(19-11)8-18-17(22)15-7-13-5-3-4-6-14(13)9-20(15)12(2)21/h3-6,10,15H,7-9H2,1-2H3,(H,18,22)/t15-/m1/s1. The summed E-state index contributed by atoms with van der Waals surface area (Å²) in [4.78, 5) is 30.5. The smallest absolute Gasteiger partial charge is 0.243 e. The molecular weight excluding hydrogens is 310 g/mol. The highest BCUT2D eigenvalue weighted by molar-refractivity contribution is 7.09. The van der Waals surface area contributed by atoms with Gasteiger partial charge in [0, 0.05) is 31.0 Å². The van der Waals surface area contributed by atoms with Crippen LogP contribution in [0.5, 0.6) is 0 Å². The second-order valence-corrected chi connectivity index (χ2v) is 6.68. The zero-order valence-electron chi connectivity index (χ0n) is 13.2. The van der Waals surface area contributed by atoms with Crippen LogP contribution in [0, 0.1) is 6.92 Å². The molecule has 23 heavy (non-hydrogen) atoms. The molecule has 2 aromatic rings. The normalized spacial score (nSPS) is 16.8. The number of fused-ring (bicyclic) bond motifs is 1. The highest BCUT2D eigenvalue weighted by Crippen LogP contribution is 2.23. The van der Waals surface area contributed by atoms with Crippen LogP contribution < -0.4 is 5.32 Å². The average molecular weight is 329 g/mol. The van der Waals surface area contributed by atoms with E-state index in [1.54, 1.807) is 4.90 Å². The van der Waals surface area contributed by atoms with Crippen LogP contribution in [0.1, 0.15) is 28.8 Å². The van der Waals surface area contributed by atoms with E-state index < -0.39 is 6.04 Å². The Morgan fingerprint density at radius 1 is 1.35 bits per heavy atom. The van der Waals surface area contributed by atoms with Gasteiger partial charge in [-0.3, -0.25) is 9.59 Å². The van der Waals surface area contributed by atoms with Crippen LogP contribution in [0.2, 0.25) is 0 Å². The van der Waals surface area contributed by atoms with E-state index >= 15 is 0 Å². The third kappa shape index (κ3) is 3.42. The molecule has 0 bridgehead atoms. The Bertz CT molecular complexity index is 741. The Labute approximate surface area is 139 Å². The molecule has 0 radical (unpaired) electrons. The van der Waals surface area contributed by atoms with E-state index in [0.29, 0.717) is 19.5 Å². The predicted molar refractivity (Wildman–Crippen MR) is 88.9 cm³/mol. The van der Waals surface area contributed by atoms with Gasteiger partial charge in [-0.25, -0.2) is 4.98 Å². The fourth-order valence-corrected chi connectivity index (χ4v) is 3.56. The fraction of sp³-hybridized carbons (Fsp3) is 0.353. The van der Waals surface area contributed by atoms with E-state index in [-0.39, 0.29) is 11.8 Å². The van der Waals surface area contributed by atoms with Gasteiger partial charge < -0.3 is 10.2 Å². The van der Waals surface area contributed by atoms with Gasteiger partial charge in [-0.2, -0.15) is 0 Å². The van der Waals surface area contributed by atoms with Crippen molar-refractivity contribution in [2.24, 2.45) is 0 Å². The SMILES string of the molecule is CC(=O)N1Cc2ccccc2C[C@@H]1C(=O)NCc1nc(C)cs1. The minimum absolute atomic E-state index is 0.0789. The van der Waals surface area contributed by atoms with Gasteiger partial charge in [0.1, 0.15) is 11.0 Å². The summed E-state index contributed by atoms with van der Waals surface area (Å²) in [5, 5.41) is 5.75. The number of aromatic nitrogens is 1. The summed E-state index contributed by atoms with van der Waals surface area (Å²) >= 11 is 1.53. The molecular formula is C17H19N3O2S. The molecule has 6 heteroatoms. The zero-order valence-corrected chi connectivity index (χ0v) is 14.0. The minimum Gasteiger partial charge on any atom is -0.348 e. The Kier molecular flexibility index (Phi) is 4.43. The van der Waals surface area contributed by atoms with E-state index in [1.165, 1.54) is 18.3 Å². The van der Waals surface area contributed by atoms with Crippen LogP contribution in [-0.4, -0.2) is 27.7 Å². The molecule has 0 saturated carbocycles. The molecule has 1 aliphatic rings. The van der Waals surface area contributed by atoms with Crippen molar-refractivity contribution in [3.63, 3.8) is 0 Å². The fourth-order valence-electron chi connectivity index (χ4n) is 2.85. The van der Waals surface area contributed by atoms with E-state index in [4.69, 9.17) is 0 Å². The predicted octanol–water partition coefficient (Wildman–Crippen LogP) is 2.04. The largest absolute Gasteiger partial charge is 0.348 e. The van der Waals surface area contributed by atoms with Gasteiger partial charge in [-0.05, 0) is 18.1 Å². The van der Waals surface area contributed by atoms with E-state index in [9.17, 15) is 9.59 Å². The molecule has 0 fully saturated rings. The number of aryl methyl sites for hydroxylation is 1. The Hall–Kier alpha value is -2.21. The summed E-state index contributed by atoms with van der Waals surface area (Å²) in [5.74, 6) is -0.202. The van der Waals surface area contributed by atoms with Crippen molar-refractivity contribution in [1.82, 2.24) is 15.2 Å². The molecule has 1 atom stereocenters. The van der Waals surface area contributed by atoms with Crippen LogP contribution in [0.15, 0.2) is 29.6 Å². The molecule has 1 aliphatic heterocycles. The van der Waals surface area contributed by atoms with E-state index in [2.05, 4.69) is 10.3 Å². The van der Waals surface area contributed by atoms with Crippen molar-refractivity contribution in [1.29, 1.82) is 0 Å².